The predicted molar refractivity (Wildman–Crippen MR) is 247 cm³/mol. The maximum Gasteiger partial charge on any atom is 0.160 e. The lowest BCUT2D eigenvalue weighted by molar-refractivity contribution is 0.436. The van der Waals surface area contributed by atoms with Crippen LogP contribution in [0.2, 0.25) is 0 Å². The van der Waals surface area contributed by atoms with Gasteiger partial charge in [-0.1, -0.05) is 158 Å². The summed E-state index contributed by atoms with van der Waals surface area (Å²) < 4.78 is 6.82. The highest BCUT2D eigenvalue weighted by Crippen LogP contribution is 2.62. The fraction of sp³-hybridized carbons (Fsp3) is 0.0351. The second kappa shape index (κ2) is 13.8. The summed E-state index contributed by atoms with van der Waals surface area (Å²) in [4.78, 5) is 15.1. The fourth-order valence-corrected chi connectivity index (χ4v) is 9.83. The molecule has 1 aliphatic carbocycles. The molecule has 0 radical (unpaired) electrons. The lowest BCUT2D eigenvalue weighted by atomic mass is 9.65. The predicted octanol–water partition coefficient (Wildman–Crippen LogP) is 14.1. The molecule has 2 aliphatic rings. The first-order chi connectivity index (χ1) is 30.1. The lowest BCUT2D eigenvalue weighted by Crippen LogP contribution is -2.32. The first-order valence-electron chi connectivity index (χ1n) is 20.8. The van der Waals surface area contributed by atoms with E-state index < -0.39 is 5.41 Å². The van der Waals surface area contributed by atoms with E-state index in [0.29, 0.717) is 5.82 Å². The van der Waals surface area contributed by atoms with Crippen molar-refractivity contribution in [2.45, 2.75) is 12.3 Å². The van der Waals surface area contributed by atoms with Gasteiger partial charge in [0.2, 0.25) is 0 Å². The summed E-state index contributed by atoms with van der Waals surface area (Å²) >= 11 is 0. The molecule has 1 atom stereocenters. The number of hydrogen-bond acceptors (Lipinski definition) is 4. The SMILES string of the molecule is Cc1cc(-c2ccccc2-c2ccc3c(c2)C2(c4ccccc4O3)c3ccccc3-c3cc(-c4nc(-c5ccccc5)cc(-c5cccc6ccccc56)n4)ccc32)ccn1. The van der Waals surface area contributed by atoms with Gasteiger partial charge < -0.3 is 4.74 Å². The van der Waals surface area contributed by atoms with Gasteiger partial charge in [0, 0.05) is 39.7 Å². The lowest BCUT2D eigenvalue weighted by Gasteiger charge is -2.39. The van der Waals surface area contributed by atoms with Crippen LogP contribution in [0.15, 0.2) is 206 Å². The average Bonchev–Trinajstić information content (AvgIpc) is 3.61. The topological polar surface area (TPSA) is 47.9 Å². The summed E-state index contributed by atoms with van der Waals surface area (Å²) in [7, 11) is 0. The molecule has 3 heterocycles. The van der Waals surface area contributed by atoms with E-state index in [-0.39, 0.29) is 0 Å². The Balaban J connectivity index is 1.08. The van der Waals surface area contributed by atoms with Crippen LogP contribution in [0.25, 0.3) is 78.1 Å². The van der Waals surface area contributed by atoms with E-state index in [2.05, 4.69) is 199 Å². The number of hydrogen-bond donors (Lipinski definition) is 0. The summed E-state index contributed by atoms with van der Waals surface area (Å²) in [6, 6.07) is 71.3. The van der Waals surface area contributed by atoms with Crippen molar-refractivity contribution in [2.75, 3.05) is 0 Å². The molecule has 0 bridgehead atoms. The molecule has 8 aromatic carbocycles. The quantitative estimate of drug-likeness (QED) is 0.175. The molecule has 0 saturated carbocycles. The molecule has 4 heteroatoms. The second-order valence-electron chi connectivity index (χ2n) is 16.0. The van der Waals surface area contributed by atoms with Crippen molar-refractivity contribution in [2.24, 2.45) is 0 Å². The highest BCUT2D eigenvalue weighted by Gasteiger charge is 2.51. The Morgan fingerprint density at radius 3 is 1.89 bits per heavy atom. The van der Waals surface area contributed by atoms with Gasteiger partial charge in [0.15, 0.2) is 5.82 Å². The summed E-state index contributed by atoms with van der Waals surface area (Å²) in [5.41, 5.74) is 16.8. The maximum absolute atomic E-state index is 6.82. The number of ether oxygens (including phenoxy) is 1. The Labute approximate surface area is 354 Å². The molecular formula is C57H37N3O. The van der Waals surface area contributed by atoms with Crippen molar-refractivity contribution in [3.05, 3.63) is 234 Å². The van der Waals surface area contributed by atoms with Crippen LogP contribution in [0, 0.1) is 6.92 Å². The molecule has 286 valence electrons. The molecule has 0 amide bonds. The number of aromatic nitrogens is 3. The number of rotatable bonds is 5. The molecule has 0 N–H and O–H groups in total. The van der Waals surface area contributed by atoms with Gasteiger partial charge in [0.05, 0.1) is 16.8 Å². The van der Waals surface area contributed by atoms with Crippen LogP contribution in [-0.4, -0.2) is 15.0 Å². The number of aryl methyl sites for hydroxylation is 1. The largest absolute Gasteiger partial charge is 0.457 e. The van der Waals surface area contributed by atoms with E-state index in [9.17, 15) is 0 Å². The van der Waals surface area contributed by atoms with Gasteiger partial charge in [-0.15, -0.1) is 0 Å². The van der Waals surface area contributed by atoms with Gasteiger partial charge in [0.1, 0.15) is 11.5 Å². The number of benzene rings is 8. The van der Waals surface area contributed by atoms with E-state index in [4.69, 9.17) is 14.7 Å². The fourth-order valence-electron chi connectivity index (χ4n) is 9.83. The smallest absolute Gasteiger partial charge is 0.160 e. The molecule has 12 rings (SSSR count). The second-order valence-corrected chi connectivity index (χ2v) is 16.0. The Morgan fingerprint density at radius 2 is 1.03 bits per heavy atom. The minimum absolute atomic E-state index is 0.645. The van der Waals surface area contributed by atoms with Gasteiger partial charge in [-0.05, 0) is 105 Å². The molecule has 1 unspecified atom stereocenters. The molecule has 0 saturated heterocycles. The molecule has 1 aliphatic heterocycles. The first kappa shape index (κ1) is 35.0. The molecule has 1 spiro atoms. The van der Waals surface area contributed by atoms with E-state index >= 15 is 0 Å². The highest BCUT2D eigenvalue weighted by atomic mass is 16.5. The third kappa shape index (κ3) is 5.49. The zero-order valence-corrected chi connectivity index (χ0v) is 33.4. The zero-order valence-electron chi connectivity index (χ0n) is 33.4. The molecule has 0 fully saturated rings. The summed E-state index contributed by atoms with van der Waals surface area (Å²) in [6.45, 7) is 2.04. The minimum Gasteiger partial charge on any atom is -0.457 e. The summed E-state index contributed by atoms with van der Waals surface area (Å²) in [5, 5.41) is 2.34. The van der Waals surface area contributed by atoms with Gasteiger partial charge >= 0.3 is 0 Å². The highest BCUT2D eigenvalue weighted by molar-refractivity contribution is 5.97. The molecular weight excluding hydrogens is 743 g/mol. The van der Waals surface area contributed by atoms with E-state index in [1.807, 2.05) is 19.2 Å². The van der Waals surface area contributed by atoms with E-state index in [0.717, 1.165) is 89.6 Å². The van der Waals surface area contributed by atoms with Crippen molar-refractivity contribution in [1.82, 2.24) is 15.0 Å². The third-order valence-electron chi connectivity index (χ3n) is 12.5. The Hall–Kier alpha value is -7.95. The Morgan fingerprint density at radius 1 is 0.393 bits per heavy atom. The van der Waals surface area contributed by atoms with Crippen LogP contribution >= 0.6 is 0 Å². The summed E-state index contributed by atoms with van der Waals surface area (Å²) in [6.07, 6.45) is 1.89. The number of nitrogens with zero attached hydrogens (tertiary/aromatic N) is 3. The third-order valence-corrected chi connectivity index (χ3v) is 12.5. The van der Waals surface area contributed by atoms with Gasteiger partial charge in [-0.3, -0.25) is 4.98 Å². The van der Waals surface area contributed by atoms with Crippen LogP contribution < -0.4 is 4.74 Å². The van der Waals surface area contributed by atoms with Crippen molar-refractivity contribution >= 4 is 10.8 Å². The average molecular weight is 780 g/mol. The normalized spacial score (nSPS) is 14.5. The van der Waals surface area contributed by atoms with Gasteiger partial charge in [0.25, 0.3) is 0 Å². The monoisotopic (exact) mass is 779 g/mol. The van der Waals surface area contributed by atoms with Crippen molar-refractivity contribution < 1.29 is 4.74 Å². The Bertz CT molecular complexity index is 3370. The molecule has 61 heavy (non-hydrogen) atoms. The summed E-state index contributed by atoms with van der Waals surface area (Å²) in [5.74, 6) is 2.40. The maximum atomic E-state index is 6.82. The van der Waals surface area contributed by atoms with Crippen LogP contribution in [-0.2, 0) is 5.41 Å². The van der Waals surface area contributed by atoms with Crippen molar-refractivity contribution in [3.8, 4) is 78.8 Å². The van der Waals surface area contributed by atoms with Crippen LogP contribution in [0.4, 0.5) is 0 Å². The van der Waals surface area contributed by atoms with Crippen LogP contribution in [0.5, 0.6) is 11.5 Å². The molecule has 2 aromatic heterocycles. The molecule has 10 aromatic rings. The number of pyridine rings is 1. The van der Waals surface area contributed by atoms with E-state index in [1.54, 1.807) is 0 Å². The number of para-hydroxylation sites is 1. The van der Waals surface area contributed by atoms with E-state index in [1.165, 1.54) is 22.1 Å². The van der Waals surface area contributed by atoms with Crippen molar-refractivity contribution in [1.29, 1.82) is 0 Å². The number of fused-ring (bicyclic) bond motifs is 10. The first-order valence-corrected chi connectivity index (χ1v) is 20.8. The molecule has 4 nitrogen and oxygen atoms in total. The standard InChI is InChI=1S/C57H37N3O/c1-36-32-40(30-31-58-36)44-20-8-7-19-43(44)39-27-29-55-51(34-39)57(50-24-11-12-25-54(50)61-55)48-23-10-9-21-45(48)47-33-41(26-28-49(47)57)56-59-52(38-15-3-2-4-16-38)35-53(60-56)46-22-13-17-37-14-5-6-18-42(37)46/h2-35H,1H3. The van der Waals surface area contributed by atoms with Crippen LogP contribution in [0.3, 0.4) is 0 Å². The van der Waals surface area contributed by atoms with Crippen molar-refractivity contribution in [3.63, 3.8) is 0 Å². The van der Waals surface area contributed by atoms with Gasteiger partial charge in [-0.2, -0.15) is 0 Å². The minimum atomic E-state index is -0.645. The Kier molecular flexibility index (Phi) is 7.94. The van der Waals surface area contributed by atoms with Crippen LogP contribution in [0.1, 0.15) is 27.9 Å². The van der Waals surface area contributed by atoms with Gasteiger partial charge in [-0.25, -0.2) is 9.97 Å². The zero-order chi connectivity index (χ0) is 40.5.